The number of fused-ring (bicyclic) bond motifs is 1. The molecule has 0 fully saturated rings. The molecule has 0 aliphatic carbocycles. The molecule has 1 unspecified atom stereocenters. The molecule has 0 bridgehead atoms. The Morgan fingerprint density at radius 3 is 3.06 bits per heavy atom. The number of carbonyl (C=O) groups is 1. The highest BCUT2D eigenvalue weighted by Gasteiger charge is 2.22. The third-order valence-corrected chi connectivity index (χ3v) is 2.42. The molecule has 1 heterocycles. The van der Waals surface area contributed by atoms with Gasteiger partial charge in [-0.1, -0.05) is 0 Å². The van der Waals surface area contributed by atoms with Crippen molar-refractivity contribution in [2.24, 2.45) is 5.73 Å². The third kappa shape index (κ3) is 2.14. The summed E-state index contributed by atoms with van der Waals surface area (Å²) >= 11 is 0. The third-order valence-electron chi connectivity index (χ3n) is 2.42. The number of carbonyl (C=O) groups excluding carboxylic acids is 1. The fraction of sp³-hybridized carbons (Fsp3) is 0.364. The van der Waals surface area contributed by atoms with E-state index in [1.54, 1.807) is 6.07 Å². The second-order valence-corrected chi connectivity index (χ2v) is 4.07. The van der Waals surface area contributed by atoms with Gasteiger partial charge in [-0.25, -0.2) is 4.39 Å². The van der Waals surface area contributed by atoms with E-state index in [9.17, 15) is 9.18 Å². The maximum Gasteiger partial charge on any atom is 0.243 e. The van der Waals surface area contributed by atoms with Gasteiger partial charge in [-0.15, -0.1) is 0 Å². The summed E-state index contributed by atoms with van der Waals surface area (Å²) in [6, 6.07) is 4.32. The van der Waals surface area contributed by atoms with Crippen LogP contribution in [0, 0.1) is 5.82 Å². The number of hydrogen-bond acceptors (Lipinski definition) is 3. The van der Waals surface area contributed by atoms with Crippen LogP contribution in [0.1, 0.15) is 6.92 Å². The van der Waals surface area contributed by atoms with Gasteiger partial charge < -0.3 is 16.0 Å². The van der Waals surface area contributed by atoms with E-state index in [1.807, 2.05) is 11.8 Å². The number of nitrogens with one attached hydrogen (secondary N) is 1. The van der Waals surface area contributed by atoms with Crippen LogP contribution in [0.2, 0.25) is 0 Å². The molecular formula is C11H14FN3O. The molecule has 16 heavy (non-hydrogen) atoms. The maximum absolute atomic E-state index is 13.0. The first-order chi connectivity index (χ1) is 7.56. The predicted octanol–water partition coefficient (Wildman–Crippen LogP) is 0.931. The number of benzene rings is 1. The Morgan fingerprint density at radius 2 is 2.38 bits per heavy atom. The van der Waals surface area contributed by atoms with Crippen molar-refractivity contribution in [2.45, 2.75) is 13.0 Å². The number of hydrogen-bond donors (Lipinski definition) is 2. The van der Waals surface area contributed by atoms with Gasteiger partial charge in [0.05, 0.1) is 17.9 Å². The van der Waals surface area contributed by atoms with E-state index < -0.39 is 0 Å². The summed E-state index contributed by atoms with van der Waals surface area (Å²) in [4.78, 5) is 13.3. The summed E-state index contributed by atoms with van der Waals surface area (Å²) in [6.45, 7) is 2.71. The highest BCUT2D eigenvalue weighted by atomic mass is 19.1. The summed E-state index contributed by atoms with van der Waals surface area (Å²) < 4.78 is 13.0. The number of rotatable bonds is 2. The minimum atomic E-state index is -0.360. The van der Waals surface area contributed by atoms with Crippen LogP contribution in [0.4, 0.5) is 15.8 Å². The minimum Gasteiger partial charge on any atom is -0.359 e. The summed E-state index contributed by atoms with van der Waals surface area (Å²) in [5.41, 5.74) is 7.04. The van der Waals surface area contributed by atoms with E-state index in [1.165, 1.54) is 12.1 Å². The van der Waals surface area contributed by atoms with Gasteiger partial charge in [-0.3, -0.25) is 4.79 Å². The van der Waals surface area contributed by atoms with Crippen molar-refractivity contribution in [2.75, 3.05) is 23.3 Å². The van der Waals surface area contributed by atoms with Gasteiger partial charge >= 0.3 is 0 Å². The highest BCUT2D eigenvalue weighted by Crippen LogP contribution is 2.29. The average Bonchev–Trinajstić information content (AvgIpc) is 2.15. The maximum atomic E-state index is 13.0. The predicted molar refractivity (Wildman–Crippen MR) is 60.9 cm³/mol. The lowest BCUT2D eigenvalue weighted by molar-refractivity contribution is -0.115. The molecular weight excluding hydrogens is 209 g/mol. The van der Waals surface area contributed by atoms with E-state index in [4.69, 9.17) is 5.73 Å². The van der Waals surface area contributed by atoms with E-state index in [2.05, 4.69) is 5.32 Å². The molecule has 2 rings (SSSR count). The number of nitrogens with zero attached hydrogens (tertiary/aromatic N) is 1. The van der Waals surface area contributed by atoms with Crippen molar-refractivity contribution in [3.05, 3.63) is 24.0 Å². The van der Waals surface area contributed by atoms with Crippen LogP contribution in [0.15, 0.2) is 18.2 Å². The van der Waals surface area contributed by atoms with Crippen LogP contribution in [-0.2, 0) is 4.79 Å². The molecule has 5 heteroatoms. The van der Waals surface area contributed by atoms with Crippen LogP contribution in [-0.4, -0.2) is 25.0 Å². The molecule has 3 N–H and O–H groups in total. The monoisotopic (exact) mass is 223 g/mol. The number of halogens is 1. The number of amides is 1. The molecule has 1 aliphatic heterocycles. The molecule has 4 nitrogen and oxygen atoms in total. The Morgan fingerprint density at radius 1 is 1.62 bits per heavy atom. The summed E-state index contributed by atoms with van der Waals surface area (Å²) in [6.07, 6.45) is 0. The summed E-state index contributed by atoms with van der Waals surface area (Å²) in [7, 11) is 0. The first-order valence-corrected chi connectivity index (χ1v) is 5.16. The van der Waals surface area contributed by atoms with E-state index in [0.717, 1.165) is 5.69 Å². The lowest BCUT2D eigenvalue weighted by Gasteiger charge is -2.31. The van der Waals surface area contributed by atoms with Gasteiger partial charge in [0.25, 0.3) is 0 Å². The molecule has 0 aromatic heterocycles. The summed E-state index contributed by atoms with van der Waals surface area (Å²) in [5, 5.41) is 2.64. The molecule has 0 spiro atoms. The Balaban J connectivity index is 2.34. The van der Waals surface area contributed by atoms with Crippen LogP contribution in [0.5, 0.6) is 0 Å². The zero-order valence-corrected chi connectivity index (χ0v) is 9.03. The first-order valence-electron chi connectivity index (χ1n) is 5.16. The Bertz CT molecular complexity index is 420. The molecule has 0 radical (unpaired) electrons. The molecule has 1 amide bonds. The van der Waals surface area contributed by atoms with Crippen molar-refractivity contribution in [3.8, 4) is 0 Å². The second kappa shape index (κ2) is 4.09. The van der Waals surface area contributed by atoms with Crippen LogP contribution in [0.25, 0.3) is 0 Å². The quantitative estimate of drug-likeness (QED) is 0.784. The van der Waals surface area contributed by atoms with Gasteiger partial charge in [0.1, 0.15) is 5.82 Å². The van der Waals surface area contributed by atoms with Crippen molar-refractivity contribution in [1.29, 1.82) is 0 Å². The highest BCUT2D eigenvalue weighted by molar-refractivity contribution is 6.01. The van der Waals surface area contributed by atoms with E-state index in [0.29, 0.717) is 12.2 Å². The fourth-order valence-electron chi connectivity index (χ4n) is 1.84. The molecule has 0 saturated heterocycles. The zero-order valence-electron chi connectivity index (χ0n) is 9.03. The molecule has 86 valence electrons. The normalized spacial score (nSPS) is 16.7. The van der Waals surface area contributed by atoms with Crippen LogP contribution < -0.4 is 16.0 Å². The van der Waals surface area contributed by atoms with Crippen LogP contribution in [0.3, 0.4) is 0 Å². The SMILES string of the molecule is CC(N)CN1CC(=O)Nc2cc(F)ccc21. The second-order valence-electron chi connectivity index (χ2n) is 4.07. The zero-order chi connectivity index (χ0) is 11.7. The molecule has 1 aromatic carbocycles. The largest absolute Gasteiger partial charge is 0.359 e. The lowest BCUT2D eigenvalue weighted by Crippen LogP contribution is -2.43. The average molecular weight is 223 g/mol. The minimum absolute atomic E-state index is 0.0381. The Labute approximate surface area is 93.2 Å². The molecule has 1 atom stereocenters. The summed E-state index contributed by atoms with van der Waals surface area (Å²) in [5.74, 6) is -0.500. The molecule has 1 aromatic rings. The van der Waals surface area contributed by atoms with Gasteiger partial charge in [0.15, 0.2) is 0 Å². The van der Waals surface area contributed by atoms with Gasteiger partial charge in [0.2, 0.25) is 5.91 Å². The Kier molecular flexibility index (Phi) is 2.78. The number of nitrogens with two attached hydrogens (primary N) is 1. The molecule has 0 saturated carbocycles. The Hall–Kier alpha value is -1.62. The van der Waals surface area contributed by atoms with Gasteiger partial charge in [-0.05, 0) is 25.1 Å². The van der Waals surface area contributed by atoms with Crippen molar-refractivity contribution in [3.63, 3.8) is 0 Å². The van der Waals surface area contributed by atoms with Crippen molar-refractivity contribution >= 4 is 17.3 Å². The van der Waals surface area contributed by atoms with Gasteiger partial charge in [-0.2, -0.15) is 0 Å². The topological polar surface area (TPSA) is 58.4 Å². The van der Waals surface area contributed by atoms with E-state index >= 15 is 0 Å². The molecule has 1 aliphatic rings. The van der Waals surface area contributed by atoms with Gasteiger partial charge in [0, 0.05) is 12.6 Å². The first kappa shape index (κ1) is 10.9. The standard InChI is InChI=1S/C11H14FN3O/c1-7(13)5-15-6-11(16)14-9-4-8(12)2-3-10(9)15/h2-4,7H,5-6,13H2,1H3,(H,14,16). The lowest BCUT2D eigenvalue weighted by atomic mass is 10.1. The van der Waals surface area contributed by atoms with E-state index in [-0.39, 0.29) is 24.3 Å². The van der Waals surface area contributed by atoms with Crippen LogP contribution >= 0.6 is 0 Å². The van der Waals surface area contributed by atoms with Crippen molar-refractivity contribution < 1.29 is 9.18 Å². The number of anilines is 2. The fourth-order valence-corrected chi connectivity index (χ4v) is 1.84. The van der Waals surface area contributed by atoms with Crippen molar-refractivity contribution in [1.82, 2.24) is 0 Å². The smallest absolute Gasteiger partial charge is 0.243 e.